The van der Waals surface area contributed by atoms with E-state index >= 15 is 0 Å². The molecule has 1 atom stereocenters. The largest absolute Gasteiger partial charge is 0.255 e. The monoisotopic (exact) mass is 261 g/mol. The number of fused-ring (bicyclic) bond motifs is 1. The van der Waals surface area contributed by atoms with Crippen molar-refractivity contribution in [3.05, 3.63) is 36.5 Å². The van der Waals surface area contributed by atoms with Crippen LogP contribution in [-0.2, 0) is 10.8 Å². The Labute approximate surface area is 111 Å². The normalized spacial score (nSPS) is 12.7. The number of hydrogen-bond acceptors (Lipinski definition) is 2. The Bertz CT molecular complexity index is 534. The van der Waals surface area contributed by atoms with Crippen molar-refractivity contribution in [3.8, 4) is 0 Å². The van der Waals surface area contributed by atoms with E-state index in [0.717, 1.165) is 28.0 Å². The van der Waals surface area contributed by atoms with Gasteiger partial charge in [0.05, 0.1) is 21.2 Å². The van der Waals surface area contributed by atoms with Gasteiger partial charge in [-0.15, -0.1) is 0 Å². The van der Waals surface area contributed by atoms with Crippen molar-refractivity contribution in [2.75, 3.05) is 5.75 Å². The number of hydrogen-bond donors (Lipinski definition) is 0. The second kappa shape index (κ2) is 6.64. The van der Waals surface area contributed by atoms with Gasteiger partial charge in [0.2, 0.25) is 0 Å². The summed E-state index contributed by atoms with van der Waals surface area (Å²) in [5, 5.41) is 1.07. The van der Waals surface area contributed by atoms with Crippen LogP contribution in [0.15, 0.2) is 41.4 Å². The van der Waals surface area contributed by atoms with Crippen molar-refractivity contribution in [1.29, 1.82) is 0 Å². The molecule has 2 aromatic rings. The molecule has 2 rings (SSSR count). The highest BCUT2D eigenvalue weighted by Crippen LogP contribution is 2.20. The maximum absolute atomic E-state index is 12.3. The maximum Gasteiger partial charge on any atom is 0.0863 e. The summed E-state index contributed by atoms with van der Waals surface area (Å²) in [6.45, 7) is 2.19. The zero-order chi connectivity index (χ0) is 12.8. The summed E-state index contributed by atoms with van der Waals surface area (Å²) in [6.07, 6.45) is 6.40. The molecular weight excluding hydrogens is 242 g/mol. The van der Waals surface area contributed by atoms with E-state index < -0.39 is 10.8 Å². The van der Waals surface area contributed by atoms with Gasteiger partial charge in [-0.25, -0.2) is 0 Å². The molecule has 1 unspecified atom stereocenters. The van der Waals surface area contributed by atoms with Crippen LogP contribution >= 0.6 is 0 Å². The van der Waals surface area contributed by atoms with Crippen molar-refractivity contribution >= 4 is 21.7 Å². The van der Waals surface area contributed by atoms with Crippen LogP contribution in [0.25, 0.3) is 10.9 Å². The molecule has 18 heavy (non-hydrogen) atoms. The van der Waals surface area contributed by atoms with Gasteiger partial charge in [0.25, 0.3) is 0 Å². The minimum atomic E-state index is -0.924. The van der Waals surface area contributed by atoms with Gasteiger partial charge in [-0.1, -0.05) is 44.4 Å². The molecular formula is C15H19NOS. The number of benzene rings is 1. The van der Waals surface area contributed by atoms with E-state index in [1.165, 1.54) is 19.3 Å². The fourth-order valence-corrected chi connectivity index (χ4v) is 3.33. The standard InChI is InChI=1S/C15H19NOS/c1-2-3-4-5-12-18(17)14-10-6-8-13-9-7-11-16-15(13)14/h6-11H,2-5,12H2,1H3. The average Bonchev–Trinajstić information content (AvgIpc) is 2.43. The van der Waals surface area contributed by atoms with Gasteiger partial charge in [-0.2, -0.15) is 0 Å². The summed E-state index contributed by atoms with van der Waals surface area (Å²) < 4.78 is 12.3. The number of pyridine rings is 1. The molecule has 1 aromatic carbocycles. The predicted molar refractivity (Wildman–Crippen MR) is 77.2 cm³/mol. The third-order valence-electron chi connectivity index (χ3n) is 3.02. The van der Waals surface area contributed by atoms with Crippen LogP contribution in [0.5, 0.6) is 0 Å². The molecule has 0 aliphatic rings. The number of unbranched alkanes of at least 4 members (excludes halogenated alkanes) is 3. The molecule has 3 heteroatoms. The van der Waals surface area contributed by atoms with Crippen molar-refractivity contribution in [3.63, 3.8) is 0 Å². The van der Waals surface area contributed by atoms with Crippen LogP contribution in [0.2, 0.25) is 0 Å². The van der Waals surface area contributed by atoms with Gasteiger partial charge in [0.15, 0.2) is 0 Å². The summed E-state index contributed by atoms with van der Waals surface area (Å²) in [4.78, 5) is 5.23. The first-order valence-corrected chi connectivity index (χ1v) is 7.87. The van der Waals surface area contributed by atoms with Crippen LogP contribution in [-0.4, -0.2) is 14.9 Å². The lowest BCUT2D eigenvalue weighted by molar-refractivity contribution is 0.668. The molecule has 0 fully saturated rings. The highest BCUT2D eigenvalue weighted by atomic mass is 32.2. The molecule has 0 N–H and O–H groups in total. The van der Waals surface area contributed by atoms with E-state index in [4.69, 9.17) is 0 Å². The number of para-hydroxylation sites is 1. The zero-order valence-electron chi connectivity index (χ0n) is 10.8. The third-order valence-corrected chi connectivity index (χ3v) is 4.50. The Morgan fingerprint density at radius 1 is 1.11 bits per heavy atom. The summed E-state index contributed by atoms with van der Waals surface area (Å²) in [5.41, 5.74) is 0.883. The second-order valence-electron chi connectivity index (χ2n) is 4.44. The lowest BCUT2D eigenvalue weighted by Gasteiger charge is -2.05. The molecule has 0 saturated heterocycles. The van der Waals surface area contributed by atoms with Gasteiger partial charge < -0.3 is 0 Å². The summed E-state index contributed by atoms with van der Waals surface area (Å²) in [7, 11) is -0.924. The SMILES string of the molecule is CCCCCCS(=O)c1cccc2cccnc12. The summed E-state index contributed by atoms with van der Waals surface area (Å²) in [5.74, 6) is 0.746. The highest BCUT2D eigenvalue weighted by molar-refractivity contribution is 7.85. The molecule has 0 spiro atoms. The number of aromatic nitrogens is 1. The molecule has 96 valence electrons. The zero-order valence-corrected chi connectivity index (χ0v) is 11.6. The topological polar surface area (TPSA) is 30.0 Å². The Kier molecular flexibility index (Phi) is 4.88. The van der Waals surface area contributed by atoms with Gasteiger partial charge in [-0.3, -0.25) is 9.19 Å². The molecule has 0 bridgehead atoms. The van der Waals surface area contributed by atoms with Crippen molar-refractivity contribution in [2.45, 2.75) is 37.5 Å². The van der Waals surface area contributed by atoms with Crippen LogP contribution in [0.4, 0.5) is 0 Å². The van der Waals surface area contributed by atoms with E-state index in [1.807, 2.05) is 30.3 Å². The average molecular weight is 261 g/mol. The lowest BCUT2D eigenvalue weighted by Crippen LogP contribution is -2.00. The van der Waals surface area contributed by atoms with Crippen molar-refractivity contribution in [1.82, 2.24) is 4.98 Å². The summed E-state index contributed by atoms with van der Waals surface area (Å²) >= 11 is 0. The molecule has 1 aromatic heterocycles. The smallest absolute Gasteiger partial charge is 0.0863 e. The van der Waals surface area contributed by atoms with Crippen molar-refractivity contribution < 1.29 is 4.21 Å². The van der Waals surface area contributed by atoms with Gasteiger partial charge in [0.1, 0.15) is 0 Å². The molecule has 0 amide bonds. The van der Waals surface area contributed by atoms with E-state index in [2.05, 4.69) is 11.9 Å². The Morgan fingerprint density at radius 3 is 2.78 bits per heavy atom. The Morgan fingerprint density at radius 2 is 1.94 bits per heavy atom. The lowest BCUT2D eigenvalue weighted by atomic mass is 10.2. The Hall–Kier alpha value is -1.22. The molecule has 0 saturated carbocycles. The van der Waals surface area contributed by atoms with Crippen LogP contribution in [0, 0.1) is 0 Å². The minimum Gasteiger partial charge on any atom is -0.255 e. The number of rotatable bonds is 6. The molecule has 1 heterocycles. The number of nitrogens with zero attached hydrogens (tertiary/aromatic N) is 1. The van der Waals surface area contributed by atoms with Gasteiger partial charge in [-0.05, 0) is 18.6 Å². The van der Waals surface area contributed by atoms with Crippen molar-refractivity contribution in [2.24, 2.45) is 0 Å². The molecule has 0 aliphatic carbocycles. The van der Waals surface area contributed by atoms with Crippen LogP contribution in [0.3, 0.4) is 0 Å². The van der Waals surface area contributed by atoms with Crippen LogP contribution in [0.1, 0.15) is 32.6 Å². The minimum absolute atomic E-state index is 0.746. The van der Waals surface area contributed by atoms with Gasteiger partial charge >= 0.3 is 0 Å². The fourth-order valence-electron chi connectivity index (χ4n) is 2.03. The van der Waals surface area contributed by atoms with E-state index in [1.54, 1.807) is 6.20 Å². The summed E-state index contributed by atoms with van der Waals surface area (Å²) in [6, 6.07) is 9.84. The van der Waals surface area contributed by atoms with E-state index in [0.29, 0.717) is 0 Å². The maximum atomic E-state index is 12.3. The quantitative estimate of drug-likeness (QED) is 0.738. The third kappa shape index (κ3) is 3.16. The second-order valence-corrected chi connectivity index (χ2v) is 5.98. The molecule has 0 aliphatic heterocycles. The first-order valence-electron chi connectivity index (χ1n) is 6.55. The van der Waals surface area contributed by atoms with Gasteiger partial charge in [0, 0.05) is 17.3 Å². The van der Waals surface area contributed by atoms with E-state index in [9.17, 15) is 4.21 Å². The molecule has 2 nitrogen and oxygen atoms in total. The predicted octanol–water partition coefficient (Wildman–Crippen LogP) is 3.92. The fraction of sp³-hybridized carbons (Fsp3) is 0.400. The highest BCUT2D eigenvalue weighted by Gasteiger charge is 2.08. The Balaban J connectivity index is 2.13. The van der Waals surface area contributed by atoms with E-state index in [-0.39, 0.29) is 0 Å². The van der Waals surface area contributed by atoms with Crippen LogP contribution < -0.4 is 0 Å². The molecule has 0 radical (unpaired) electrons. The first kappa shape index (κ1) is 13.2. The first-order chi connectivity index (χ1) is 8.83.